The smallest absolute Gasteiger partial charge is 0.237 e. The van der Waals surface area contributed by atoms with Crippen molar-refractivity contribution in [1.29, 1.82) is 5.26 Å². The van der Waals surface area contributed by atoms with E-state index in [0.29, 0.717) is 10.7 Å². The summed E-state index contributed by atoms with van der Waals surface area (Å²) in [6, 6.07) is 6.41. The third kappa shape index (κ3) is 2.84. The third-order valence-electron chi connectivity index (χ3n) is 2.86. The highest BCUT2D eigenvalue weighted by Gasteiger charge is 2.38. The summed E-state index contributed by atoms with van der Waals surface area (Å²) in [6.45, 7) is -0.0698. The number of amides is 1. The highest BCUT2D eigenvalue weighted by Crippen LogP contribution is 2.30. The lowest BCUT2D eigenvalue weighted by molar-refractivity contribution is -0.117. The maximum absolute atomic E-state index is 11.9. The van der Waals surface area contributed by atoms with Crippen LogP contribution in [-0.2, 0) is 13.8 Å². The number of rotatable bonds is 2. The Kier molecular flexibility index (Phi) is 3.72. The van der Waals surface area contributed by atoms with Gasteiger partial charge in [-0.15, -0.1) is 0 Å². The minimum absolute atomic E-state index is 0.0698. The van der Waals surface area contributed by atoms with Gasteiger partial charge in [-0.2, -0.15) is 5.26 Å². The molecule has 1 heterocycles. The van der Waals surface area contributed by atoms with E-state index in [2.05, 4.69) is 0 Å². The SMILES string of the molecule is N#Cc1ccc(Cl)cc1N1CC(S(=O)(=O)Cl)CC1=O. The van der Waals surface area contributed by atoms with E-state index in [0.717, 1.165) is 0 Å². The van der Waals surface area contributed by atoms with E-state index in [9.17, 15) is 13.2 Å². The van der Waals surface area contributed by atoms with Crippen molar-refractivity contribution in [3.8, 4) is 6.07 Å². The quantitative estimate of drug-likeness (QED) is 0.780. The first-order valence-corrected chi connectivity index (χ1v) is 8.01. The van der Waals surface area contributed by atoms with Gasteiger partial charge < -0.3 is 4.90 Å². The second-order valence-electron chi connectivity index (χ2n) is 4.08. The molecule has 1 saturated heterocycles. The monoisotopic (exact) mass is 318 g/mol. The number of carbonyl (C=O) groups excluding carboxylic acids is 1. The number of hydrogen-bond donors (Lipinski definition) is 0. The fourth-order valence-electron chi connectivity index (χ4n) is 1.92. The largest absolute Gasteiger partial charge is 0.310 e. The Bertz CT molecular complexity index is 682. The van der Waals surface area contributed by atoms with E-state index in [4.69, 9.17) is 27.5 Å². The van der Waals surface area contributed by atoms with Gasteiger partial charge in [-0.3, -0.25) is 4.79 Å². The van der Waals surface area contributed by atoms with Crippen LogP contribution < -0.4 is 4.90 Å². The van der Waals surface area contributed by atoms with E-state index in [1.54, 1.807) is 0 Å². The number of nitrogens with zero attached hydrogens (tertiary/aromatic N) is 2. The van der Waals surface area contributed by atoms with Gasteiger partial charge in [-0.25, -0.2) is 8.42 Å². The fourth-order valence-corrected chi connectivity index (χ4v) is 3.11. The number of benzene rings is 1. The van der Waals surface area contributed by atoms with Gasteiger partial charge in [-0.05, 0) is 18.2 Å². The first-order valence-electron chi connectivity index (χ1n) is 5.26. The second kappa shape index (κ2) is 5.00. The van der Waals surface area contributed by atoms with Crippen LogP contribution in [0.5, 0.6) is 0 Å². The van der Waals surface area contributed by atoms with Crippen LogP contribution in [0.2, 0.25) is 5.02 Å². The normalized spacial score (nSPS) is 19.5. The van der Waals surface area contributed by atoms with E-state index < -0.39 is 20.2 Å². The Labute approximate surface area is 119 Å². The van der Waals surface area contributed by atoms with E-state index in [1.165, 1.54) is 23.1 Å². The van der Waals surface area contributed by atoms with Gasteiger partial charge in [0.1, 0.15) is 11.3 Å². The maximum atomic E-state index is 11.9. The predicted octanol–water partition coefficient (Wildman–Crippen LogP) is 1.89. The zero-order valence-electron chi connectivity index (χ0n) is 9.51. The Morgan fingerprint density at radius 3 is 2.63 bits per heavy atom. The van der Waals surface area contributed by atoms with Gasteiger partial charge >= 0.3 is 0 Å². The summed E-state index contributed by atoms with van der Waals surface area (Å²) >= 11 is 5.83. The topological polar surface area (TPSA) is 78.2 Å². The molecule has 2 rings (SSSR count). The minimum Gasteiger partial charge on any atom is -0.310 e. The Hall–Kier alpha value is -1.29. The molecule has 0 spiro atoms. The molecule has 8 heteroatoms. The molecule has 0 radical (unpaired) electrons. The average molecular weight is 319 g/mol. The van der Waals surface area contributed by atoms with Crippen molar-refractivity contribution in [3.63, 3.8) is 0 Å². The van der Waals surface area contributed by atoms with Gasteiger partial charge in [0.05, 0.1) is 11.3 Å². The highest BCUT2D eigenvalue weighted by atomic mass is 35.7. The molecular formula is C11H8Cl2N2O3S. The predicted molar refractivity (Wildman–Crippen MR) is 71.7 cm³/mol. The molecule has 0 saturated carbocycles. The van der Waals surface area contributed by atoms with Gasteiger partial charge in [0.15, 0.2) is 0 Å². The average Bonchev–Trinajstić information content (AvgIpc) is 2.71. The van der Waals surface area contributed by atoms with Crippen molar-refractivity contribution in [2.24, 2.45) is 0 Å². The molecule has 1 aliphatic rings. The first-order chi connectivity index (χ1) is 8.82. The number of hydrogen-bond acceptors (Lipinski definition) is 4. The van der Waals surface area contributed by atoms with Crippen LogP contribution in [0, 0.1) is 11.3 Å². The molecule has 0 N–H and O–H groups in total. The van der Waals surface area contributed by atoms with Gasteiger partial charge in [-0.1, -0.05) is 11.6 Å². The van der Waals surface area contributed by atoms with Crippen molar-refractivity contribution in [2.75, 3.05) is 11.4 Å². The lowest BCUT2D eigenvalue weighted by Crippen LogP contribution is -2.27. The van der Waals surface area contributed by atoms with E-state index in [1.807, 2.05) is 6.07 Å². The number of nitriles is 1. The maximum Gasteiger partial charge on any atom is 0.237 e. The Balaban J connectivity index is 2.42. The molecule has 0 aromatic heterocycles. The summed E-state index contributed by atoms with van der Waals surface area (Å²) < 4.78 is 22.5. The van der Waals surface area contributed by atoms with E-state index >= 15 is 0 Å². The van der Waals surface area contributed by atoms with Crippen molar-refractivity contribution in [1.82, 2.24) is 0 Å². The molecule has 1 unspecified atom stereocenters. The van der Waals surface area contributed by atoms with Crippen LogP contribution in [0.4, 0.5) is 5.69 Å². The summed E-state index contributed by atoms with van der Waals surface area (Å²) in [7, 11) is 1.45. The third-order valence-corrected chi connectivity index (χ3v) is 4.96. The number of carbonyl (C=O) groups is 1. The van der Waals surface area contributed by atoms with Gasteiger partial charge in [0.2, 0.25) is 15.0 Å². The molecule has 19 heavy (non-hydrogen) atoms. The van der Waals surface area contributed by atoms with Crippen LogP contribution in [0.3, 0.4) is 0 Å². The van der Waals surface area contributed by atoms with Gasteiger partial charge in [0, 0.05) is 28.7 Å². The Morgan fingerprint density at radius 2 is 2.11 bits per heavy atom. The minimum atomic E-state index is -3.81. The first kappa shape index (κ1) is 14.1. The van der Waals surface area contributed by atoms with Crippen LogP contribution in [0.25, 0.3) is 0 Å². The highest BCUT2D eigenvalue weighted by molar-refractivity contribution is 8.14. The van der Waals surface area contributed by atoms with Gasteiger partial charge in [0.25, 0.3) is 0 Å². The molecule has 1 atom stereocenters. The molecule has 5 nitrogen and oxygen atoms in total. The lowest BCUT2D eigenvalue weighted by Gasteiger charge is -2.17. The summed E-state index contributed by atoms with van der Waals surface area (Å²) in [6.07, 6.45) is -0.191. The van der Waals surface area contributed by atoms with Crippen LogP contribution in [-0.4, -0.2) is 26.1 Å². The van der Waals surface area contributed by atoms with Crippen LogP contribution >= 0.6 is 22.3 Å². The zero-order valence-corrected chi connectivity index (χ0v) is 11.8. The molecule has 0 aliphatic carbocycles. The van der Waals surface area contributed by atoms with Crippen LogP contribution in [0.15, 0.2) is 18.2 Å². The Morgan fingerprint density at radius 1 is 1.42 bits per heavy atom. The number of halogens is 2. The summed E-state index contributed by atoms with van der Waals surface area (Å²) in [5.74, 6) is -0.395. The summed E-state index contributed by atoms with van der Waals surface area (Å²) in [4.78, 5) is 13.1. The molecule has 1 aliphatic heterocycles. The molecule has 1 aromatic rings. The van der Waals surface area contributed by atoms with Crippen LogP contribution in [0.1, 0.15) is 12.0 Å². The fraction of sp³-hybridized carbons (Fsp3) is 0.273. The van der Waals surface area contributed by atoms with Crippen molar-refractivity contribution < 1.29 is 13.2 Å². The number of anilines is 1. The molecule has 1 amide bonds. The summed E-state index contributed by atoms with van der Waals surface area (Å²) in [5, 5.41) is 8.40. The second-order valence-corrected chi connectivity index (χ2v) is 7.42. The summed E-state index contributed by atoms with van der Waals surface area (Å²) in [5.41, 5.74) is 0.563. The molecule has 0 bridgehead atoms. The van der Waals surface area contributed by atoms with Crippen molar-refractivity contribution in [2.45, 2.75) is 11.7 Å². The molecule has 1 fully saturated rings. The zero-order chi connectivity index (χ0) is 14.2. The van der Waals surface area contributed by atoms with Crippen molar-refractivity contribution >= 4 is 42.9 Å². The van der Waals surface area contributed by atoms with Crippen molar-refractivity contribution in [3.05, 3.63) is 28.8 Å². The standard InChI is InChI=1S/C11H8Cl2N2O3S/c12-8-2-1-7(5-14)10(3-8)15-6-9(4-11(15)16)19(13,17)18/h1-3,9H,4,6H2. The molecule has 100 valence electrons. The molecular weight excluding hydrogens is 311 g/mol. The van der Waals surface area contributed by atoms with E-state index in [-0.39, 0.29) is 18.5 Å². The molecule has 1 aromatic carbocycles. The lowest BCUT2D eigenvalue weighted by atomic mass is 10.2.